The molecule has 3 rings (SSSR count). The topological polar surface area (TPSA) is 75.3 Å². The Labute approximate surface area is 246 Å². The Bertz CT molecular complexity index is 1190. The summed E-state index contributed by atoms with van der Waals surface area (Å²) in [6.45, 7) is 12.4. The Morgan fingerprint density at radius 3 is 2.25 bits per heavy atom. The summed E-state index contributed by atoms with van der Waals surface area (Å²) in [6.07, 6.45) is 3.69. The van der Waals surface area contributed by atoms with Gasteiger partial charge < -0.3 is 5.32 Å². The molecule has 40 heavy (non-hydrogen) atoms. The van der Waals surface area contributed by atoms with Crippen molar-refractivity contribution < 1.29 is 18.8 Å². The average molecular weight is 587 g/mol. The molecule has 8 heteroatoms. The number of ketones is 2. The molecule has 3 aromatic rings. The van der Waals surface area contributed by atoms with E-state index < -0.39 is 6.04 Å². The van der Waals surface area contributed by atoms with Crippen LogP contribution in [-0.2, 0) is 9.59 Å². The molecule has 2 aromatic carbocycles. The van der Waals surface area contributed by atoms with Gasteiger partial charge in [-0.25, -0.2) is 4.39 Å². The third-order valence-corrected chi connectivity index (χ3v) is 8.66. The van der Waals surface area contributed by atoms with Gasteiger partial charge in [-0.3, -0.25) is 19.1 Å². The van der Waals surface area contributed by atoms with Crippen LogP contribution in [0.3, 0.4) is 0 Å². The maximum atomic E-state index is 12.8. The molecule has 0 bridgehead atoms. The van der Waals surface area contributed by atoms with Crippen molar-refractivity contribution in [1.29, 1.82) is 0 Å². The summed E-state index contributed by atoms with van der Waals surface area (Å²) in [5.74, 6) is 0.819. The van der Waals surface area contributed by atoms with E-state index in [0.29, 0.717) is 29.7 Å². The summed E-state index contributed by atoms with van der Waals surface area (Å²) in [5, 5.41) is 3.91. The summed E-state index contributed by atoms with van der Waals surface area (Å²) in [7, 11) is 0. The number of rotatable bonds is 14. The Morgan fingerprint density at radius 1 is 1.00 bits per heavy atom. The zero-order valence-electron chi connectivity index (χ0n) is 24.5. The predicted octanol–water partition coefficient (Wildman–Crippen LogP) is 8.09. The van der Waals surface area contributed by atoms with Crippen molar-refractivity contribution in [2.75, 3.05) is 6.54 Å². The van der Waals surface area contributed by atoms with Crippen molar-refractivity contribution in [3.63, 3.8) is 0 Å². The number of thiophene rings is 1. The van der Waals surface area contributed by atoms with Crippen LogP contribution < -0.4 is 10.0 Å². The number of fused-ring (bicyclic) bond motifs is 1. The van der Waals surface area contributed by atoms with Crippen LogP contribution in [-0.4, -0.2) is 30.1 Å². The minimum absolute atomic E-state index is 0.00756. The quantitative estimate of drug-likeness (QED) is 0.187. The van der Waals surface area contributed by atoms with Gasteiger partial charge in [0.25, 0.3) is 5.91 Å². The highest BCUT2D eigenvalue weighted by Gasteiger charge is 2.22. The third-order valence-electron chi connectivity index (χ3n) is 6.75. The number of benzene rings is 2. The van der Waals surface area contributed by atoms with Crippen molar-refractivity contribution in [3.05, 3.63) is 65.3 Å². The Hall–Kier alpha value is -2.55. The van der Waals surface area contributed by atoms with Crippen LogP contribution in [0.4, 0.5) is 4.39 Å². The van der Waals surface area contributed by atoms with Crippen LogP contribution in [0, 0.1) is 23.6 Å². The van der Waals surface area contributed by atoms with Crippen LogP contribution in [0.15, 0.2) is 59.5 Å². The van der Waals surface area contributed by atoms with Gasteiger partial charge in [0.1, 0.15) is 5.82 Å². The van der Waals surface area contributed by atoms with E-state index in [-0.39, 0.29) is 29.2 Å². The van der Waals surface area contributed by atoms with Crippen LogP contribution in [0.1, 0.15) is 76.9 Å². The van der Waals surface area contributed by atoms with E-state index in [0.717, 1.165) is 34.2 Å². The monoisotopic (exact) mass is 586 g/mol. The SMILES string of the molecule is CC(=O)C(CC(C)C)NC(=O)c1cc2ccccc2s1.CCCC(C(=O)CNSc1ccc(F)cc1)C(C)CC. The zero-order chi connectivity index (χ0) is 29.7. The number of halogens is 1. The number of amides is 1. The number of nitrogens with one attached hydrogen (secondary N) is 2. The van der Waals surface area contributed by atoms with Crippen molar-refractivity contribution >= 4 is 50.8 Å². The summed E-state index contributed by atoms with van der Waals surface area (Å²) in [5.41, 5.74) is 0. The second-order valence-electron chi connectivity index (χ2n) is 10.5. The Kier molecular flexibility index (Phi) is 14.6. The van der Waals surface area contributed by atoms with Crippen molar-refractivity contribution in [2.24, 2.45) is 17.8 Å². The van der Waals surface area contributed by atoms with E-state index in [1.165, 1.54) is 42.3 Å². The van der Waals surface area contributed by atoms with Gasteiger partial charge in [0.15, 0.2) is 11.6 Å². The zero-order valence-corrected chi connectivity index (χ0v) is 26.1. The van der Waals surface area contributed by atoms with Gasteiger partial charge >= 0.3 is 0 Å². The summed E-state index contributed by atoms with van der Waals surface area (Å²) < 4.78 is 16.9. The second kappa shape index (κ2) is 17.3. The summed E-state index contributed by atoms with van der Waals surface area (Å²) in [4.78, 5) is 37.7. The largest absolute Gasteiger partial charge is 0.342 e. The first-order chi connectivity index (χ1) is 19.0. The molecule has 0 fully saturated rings. The Morgan fingerprint density at radius 2 is 1.68 bits per heavy atom. The van der Waals surface area contributed by atoms with E-state index in [9.17, 15) is 18.8 Å². The van der Waals surface area contributed by atoms with Crippen LogP contribution in [0.25, 0.3) is 10.1 Å². The lowest BCUT2D eigenvalue weighted by atomic mass is 9.85. The molecule has 0 radical (unpaired) electrons. The van der Waals surface area contributed by atoms with Crippen molar-refractivity contribution in [1.82, 2.24) is 10.0 Å². The van der Waals surface area contributed by atoms with Crippen LogP contribution >= 0.6 is 23.3 Å². The number of carbonyl (C=O) groups is 3. The van der Waals surface area contributed by atoms with Crippen LogP contribution in [0.2, 0.25) is 0 Å². The van der Waals surface area contributed by atoms with Crippen molar-refractivity contribution in [2.45, 2.75) is 78.2 Å². The van der Waals surface area contributed by atoms with Gasteiger partial charge in [-0.2, -0.15) is 0 Å². The molecule has 1 amide bonds. The third kappa shape index (κ3) is 11.1. The highest BCUT2D eigenvalue weighted by atomic mass is 32.2. The maximum Gasteiger partial charge on any atom is 0.261 e. The van der Waals surface area contributed by atoms with Gasteiger partial charge in [0.05, 0.1) is 17.5 Å². The summed E-state index contributed by atoms with van der Waals surface area (Å²) >= 11 is 2.83. The van der Waals surface area contributed by atoms with E-state index in [4.69, 9.17) is 0 Å². The fourth-order valence-corrected chi connectivity index (χ4v) is 5.92. The molecular formula is C32H43FN2O3S2. The molecule has 3 atom stereocenters. The van der Waals surface area contributed by atoms with E-state index in [1.54, 1.807) is 12.1 Å². The molecule has 5 nitrogen and oxygen atoms in total. The molecule has 0 aliphatic carbocycles. The lowest BCUT2D eigenvalue weighted by Crippen LogP contribution is -2.40. The molecule has 0 aliphatic heterocycles. The van der Waals surface area contributed by atoms with Crippen LogP contribution in [0.5, 0.6) is 0 Å². The van der Waals surface area contributed by atoms with E-state index in [2.05, 4.69) is 30.8 Å². The standard InChI is InChI=1S/C16H24FNOS.C16H19NO2S/c1-4-6-15(12(3)5-2)16(19)11-18-20-14-9-7-13(17)8-10-14;1-10(2)8-13(11(3)18)17-16(19)15-9-12-6-4-5-7-14(12)20-15/h7-10,12,15,18H,4-6,11H2,1-3H3;4-7,9-10,13H,8H2,1-3H3,(H,17,19). The molecular weight excluding hydrogens is 543 g/mol. The van der Waals surface area contributed by atoms with E-state index in [1.807, 2.05) is 44.2 Å². The molecule has 0 aliphatic rings. The maximum absolute atomic E-state index is 12.8. The lowest BCUT2D eigenvalue weighted by molar-refractivity contribution is -0.123. The predicted molar refractivity (Wildman–Crippen MR) is 166 cm³/mol. The minimum Gasteiger partial charge on any atom is -0.342 e. The average Bonchev–Trinajstić information content (AvgIpc) is 3.36. The molecule has 3 unspecified atom stereocenters. The van der Waals surface area contributed by atoms with Gasteiger partial charge in [0, 0.05) is 15.5 Å². The second-order valence-corrected chi connectivity index (χ2v) is 12.6. The van der Waals surface area contributed by atoms with Gasteiger partial charge in [-0.15, -0.1) is 11.3 Å². The highest BCUT2D eigenvalue weighted by molar-refractivity contribution is 7.97. The van der Waals surface area contributed by atoms with E-state index >= 15 is 0 Å². The smallest absolute Gasteiger partial charge is 0.261 e. The molecule has 0 spiro atoms. The highest BCUT2D eigenvalue weighted by Crippen LogP contribution is 2.25. The molecule has 0 saturated heterocycles. The number of hydrogen-bond acceptors (Lipinski definition) is 6. The normalized spacial score (nSPS) is 13.3. The van der Waals surface area contributed by atoms with Gasteiger partial charge in [-0.1, -0.05) is 65.7 Å². The first-order valence-electron chi connectivity index (χ1n) is 14.0. The fourth-order valence-electron chi connectivity index (χ4n) is 4.30. The van der Waals surface area contributed by atoms with Crippen molar-refractivity contribution in [3.8, 4) is 0 Å². The first kappa shape index (κ1) is 33.7. The first-order valence-corrected chi connectivity index (χ1v) is 15.7. The molecule has 1 aromatic heterocycles. The fraction of sp³-hybridized carbons (Fsp3) is 0.469. The van der Waals surface area contributed by atoms with Gasteiger partial charge in [0.2, 0.25) is 0 Å². The summed E-state index contributed by atoms with van der Waals surface area (Å²) in [6, 6.07) is 15.6. The number of Topliss-reactive ketones (excluding diaryl/α,β-unsaturated/α-hetero) is 2. The number of hydrogen-bond donors (Lipinski definition) is 2. The Balaban J connectivity index is 0.000000280. The number of carbonyl (C=O) groups excluding carboxylic acids is 3. The molecule has 2 N–H and O–H groups in total. The van der Waals surface area contributed by atoms with Gasteiger partial charge in [-0.05, 0) is 85.3 Å². The molecule has 218 valence electrons. The molecule has 1 heterocycles. The molecule has 0 saturated carbocycles. The minimum atomic E-state index is -0.396. The lowest BCUT2D eigenvalue weighted by Gasteiger charge is -2.21.